The molecule has 2 aromatic carbocycles. The smallest absolute Gasteiger partial charge is 0.319 e. The number of methoxy groups -OCH3 is 1. The van der Waals surface area contributed by atoms with Crippen molar-refractivity contribution in [1.29, 1.82) is 0 Å². The summed E-state index contributed by atoms with van der Waals surface area (Å²) in [6, 6.07) is 6.78. The summed E-state index contributed by atoms with van der Waals surface area (Å²) in [5.74, 6) is 2.33. The van der Waals surface area contributed by atoms with E-state index in [4.69, 9.17) is 25.8 Å². The number of ether oxygens (including phenoxy) is 3. The minimum absolute atomic E-state index is 0.339. The largest absolute Gasteiger partial charge is 0.495 e. The van der Waals surface area contributed by atoms with Gasteiger partial charge in [0.05, 0.1) is 26.0 Å². The first-order valence-electron chi connectivity index (χ1n) is 8.47. The molecule has 7 heteroatoms. The Hall–Kier alpha value is -2.60. The molecule has 0 spiro atoms. The number of urea groups is 1. The molecule has 2 heterocycles. The number of fused-ring (bicyclic) bond motifs is 2. The van der Waals surface area contributed by atoms with Gasteiger partial charge < -0.3 is 24.8 Å². The Morgan fingerprint density at radius 2 is 2.08 bits per heavy atom. The lowest BCUT2D eigenvalue weighted by atomic mass is 9.99. The van der Waals surface area contributed by atoms with Crippen molar-refractivity contribution in [2.24, 2.45) is 0 Å². The lowest BCUT2D eigenvalue weighted by molar-refractivity contribution is 0.251. The van der Waals surface area contributed by atoms with Crippen molar-refractivity contribution >= 4 is 23.3 Å². The van der Waals surface area contributed by atoms with E-state index in [1.807, 2.05) is 0 Å². The van der Waals surface area contributed by atoms with Gasteiger partial charge in [-0.15, -0.1) is 0 Å². The predicted octanol–water partition coefficient (Wildman–Crippen LogP) is 3.54. The number of anilines is 1. The average Bonchev–Trinajstić information content (AvgIpc) is 3.27. The Bertz CT molecular complexity index is 837. The molecule has 0 saturated carbocycles. The van der Waals surface area contributed by atoms with Gasteiger partial charge in [-0.05, 0) is 24.3 Å². The van der Waals surface area contributed by atoms with Gasteiger partial charge in [-0.1, -0.05) is 11.6 Å². The first-order chi connectivity index (χ1) is 12.7. The summed E-state index contributed by atoms with van der Waals surface area (Å²) >= 11 is 6.00. The summed E-state index contributed by atoms with van der Waals surface area (Å²) in [5.41, 5.74) is 3.77. The second-order valence-electron chi connectivity index (χ2n) is 6.17. The highest BCUT2D eigenvalue weighted by atomic mass is 35.5. The van der Waals surface area contributed by atoms with Crippen molar-refractivity contribution in [2.45, 2.75) is 19.4 Å². The second kappa shape index (κ2) is 6.96. The van der Waals surface area contributed by atoms with Crippen molar-refractivity contribution in [3.8, 4) is 17.2 Å². The van der Waals surface area contributed by atoms with Crippen LogP contribution >= 0.6 is 11.6 Å². The number of hydrogen-bond acceptors (Lipinski definition) is 4. The highest BCUT2D eigenvalue weighted by Crippen LogP contribution is 2.40. The maximum atomic E-state index is 12.4. The van der Waals surface area contributed by atoms with Gasteiger partial charge in [0.15, 0.2) is 0 Å². The Morgan fingerprint density at radius 1 is 1.23 bits per heavy atom. The number of carbonyl (C=O) groups excluding carboxylic acids is 1. The van der Waals surface area contributed by atoms with E-state index in [-0.39, 0.29) is 6.03 Å². The zero-order valence-corrected chi connectivity index (χ0v) is 15.1. The Kier molecular flexibility index (Phi) is 4.51. The number of carbonyl (C=O) groups is 1. The van der Waals surface area contributed by atoms with E-state index in [1.165, 1.54) is 0 Å². The van der Waals surface area contributed by atoms with Crippen LogP contribution < -0.4 is 24.8 Å². The Morgan fingerprint density at radius 3 is 2.92 bits per heavy atom. The van der Waals surface area contributed by atoms with Crippen molar-refractivity contribution in [1.82, 2.24) is 5.32 Å². The quantitative estimate of drug-likeness (QED) is 0.858. The van der Waals surface area contributed by atoms with Crippen LogP contribution in [0.5, 0.6) is 17.2 Å². The molecule has 0 bridgehead atoms. The van der Waals surface area contributed by atoms with Gasteiger partial charge in [-0.3, -0.25) is 0 Å². The zero-order chi connectivity index (χ0) is 18.1. The van der Waals surface area contributed by atoms with Crippen LogP contribution in [0.2, 0.25) is 5.02 Å². The van der Waals surface area contributed by atoms with Crippen molar-refractivity contribution in [2.75, 3.05) is 25.6 Å². The third-order valence-corrected chi connectivity index (χ3v) is 4.83. The molecule has 6 nitrogen and oxygen atoms in total. The topological polar surface area (TPSA) is 68.8 Å². The minimum atomic E-state index is -0.339. The van der Waals surface area contributed by atoms with Crippen LogP contribution in [-0.4, -0.2) is 26.4 Å². The molecule has 0 unspecified atom stereocenters. The molecule has 0 aromatic heterocycles. The third kappa shape index (κ3) is 3.12. The lowest BCUT2D eigenvalue weighted by Gasteiger charge is -2.15. The number of nitrogens with one attached hydrogen (secondary N) is 2. The van der Waals surface area contributed by atoms with Crippen molar-refractivity contribution in [3.63, 3.8) is 0 Å². The predicted molar refractivity (Wildman–Crippen MR) is 98.7 cm³/mol. The van der Waals surface area contributed by atoms with E-state index >= 15 is 0 Å². The Labute approximate surface area is 156 Å². The molecule has 4 rings (SSSR count). The molecule has 2 aromatic rings. The highest BCUT2D eigenvalue weighted by molar-refractivity contribution is 6.31. The first kappa shape index (κ1) is 16.8. The second-order valence-corrected chi connectivity index (χ2v) is 6.61. The van der Waals surface area contributed by atoms with Gasteiger partial charge in [0.25, 0.3) is 0 Å². The minimum Gasteiger partial charge on any atom is -0.495 e. The normalized spacial score (nSPS) is 14.1. The molecule has 0 aliphatic carbocycles. The van der Waals surface area contributed by atoms with E-state index in [0.29, 0.717) is 36.2 Å². The third-order valence-electron chi connectivity index (χ3n) is 4.60. The summed E-state index contributed by atoms with van der Waals surface area (Å²) in [6.07, 6.45) is 1.69. The first-order valence-corrected chi connectivity index (χ1v) is 8.85. The molecule has 0 radical (unpaired) electrons. The van der Waals surface area contributed by atoms with Crippen LogP contribution in [0.25, 0.3) is 0 Å². The number of rotatable bonds is 4. The van der Waals surface area contributed by atoms with E-state index in [0.717, 1.165) is 41.0 Å². The molecule has 2 aliphatic rings. The van der Waals surface area contributed by atoms with Gasteiger partial charge in [0.2, 0.25) is 0 Å². The molecule has 0 saturated heterocycles. The van der Waals surface area contributed by atoms with Crippen LogP contribution in [0.3, 0.4) is 0 Å². The van der Waals surface area contributed by atoms with E-state index in [9.17, 15) is 4.79 Å². The fraction of sp³-hybridized carbons (Fsp3) is 0.316. The molecule has 2 amide bonds. The zero-order valence-electron chi connectivity index (χ0n) is 14.4. The van der Waals surface area contributed by atoms with E-state index < -0.39 is 0 Å². The van der Waals surface area contributed by atoms with Crippen LogP contribution in [0.4, 0.5) is 10.5 Å². The van der Waals surface area contributed by atoms with E-state index in [1.54, 1.807) is 25.3 Å². The molecular formula is C19H19ClN2O4. The number of halogens is 1. The number of amides is 2. The number of hydrogen-bond donors (Lipinski definition) is 2. The summed E-state index contributed by atoms with van der Waals surface area (Å²) in [7, 11) is 1.54. The average molecular weight is 375 g/mol. The fourth-order valence-electron chi connectivity index (χ4n) is 3.38. The summed E-state index contributed by atoms with van der Waals surface area (Å²) in [5, 5.41) is 6.19. The van der Waals surface area contributed by atoms with Crippen LogP contribution in [0.15, 0.2) is 24.3 Å². The number of benzene rings is 2. The van der Waals surface area contributed by atoms with Gasteiger partial charge in [-0.25, -0.2) is 4.79 Å². The van der Waals surface area contributed by atoms with Gasteiger partial charge in [-0.2, -0.15) is 0 Å². The molecule has 2 N–H and O–H groups in total. The van der Waals surface area contributed by atoms with Crippen LogP contribution in [0.1, 0.15) is 16.7 Å². The van der Waals surface area contributed by atoms with Gasteiger partial charge in [0.1, 0.15) is 17.2 Å². The van der Waals surface area contributed by atoms with Crippen molar-refractivity contribution < 1.29 is 19.0 Å². The Balaban J connectivity index is 1.50. The van der Waals surface area contributed by atoms with Gasteiger partial charge >= 0.3 is 6.03 Å². The van der Waals surface area contributed by atoms with E-state index in [2.05, 4.69) is 16.7 Å². The fourth-order valence-corrected chi connectivity index (χ4v) is 3.56. The summed E-state index contributed by atoms with van der Waals surface area (Å²) in [4.78, 5) is 12.4. The maximum absolute atomic E-state index is 12.4. The lowest BCUT2D eigenvalue weighted by Crippen LogP contribution is -2.29. The molecular weight excluding hydrogens is 356 g/mol. The SMILES string of the molecule is COc1ccc(Cl)cc1NC(=O)NCc1c2c(cc3c1OCC3)OCC2. The van der Waals surface area contributed by atoms with Crippen LogP contribution in [0, 0.1) is 0 Å². The maximum Gasteiger partial charge on any atom is 0.319 e. The van der Waals surface area contributed by atoms with Crippen LogP contribution in [-0.2, 0) is 19.4 Å². The molecule has 136 valence electrons. The molecule has 0 fully saturated rings. The molecule has 2 aliphatic heterocycles. The monoisotopic (exact) mass is 374 g/mol. The highest BCUT2D eigenvalue weighted by Gasteiger charge is 2.26. The van der Waals surface area contributed by atoms with Crippen molar-refractivity contribution in [3.05, 3.63) is 46.0 Å². The standard InChI is InChI=1S/C19H19ClN2O4/c1-24-16-3-2-12(20)9-15(16)22-19(23)21-10-14-13-5-7-25-17(13)8-11-4-6-26-18(11)14/h2-3,8-9H,4-7,10H2,1H3,(H2,21,22,23). The summed E-state index contributed by atoms with van der Waals surface area (Å²) < 4.78 is 16.7. The molecule has 26 heavy (non-hydrogen) atoms. The van der Waals surface area contributed by atoms with Gasteiger partial charge in [0, 0.05) is 41.1 Å². The molecule has 0 atom stereocenters. The summed E-state index contributed by atoms with van der Waals surface area (Å²) in [6.45, 7) is 1.69.